The zero-order valence-electron chi connectivity index (χ0n) is 10.0. The molecule has 2 heterocycles. The number of rotatable bonds is 2. The van der Waals surface area contributed by atoms with Crippen LogP contribution in [0.25, 0.3) is 0 Å². The van der Waals surface area contributed by atoms with E-state index in [1.165, 1.54) is 6.42 Å². The van der Waals surface area contributed by atoms with E-state index in [2.05, 4.69) is 10.2 Å². The Bertz CT molecular complexity index is 431. The molecule has 0 bridgehead atoms. The van der Waals surface area contributed by atoms with E-state index >= 15 is 0 Å². The van der Waals surface area contributed by atoms with Crippen LogP contribution in [0, 0.1) is 5.41 Å². The van der Waals surface area contributed by atoms with Crippen molar-refractivity contribution < 1.29 is 4.74 Å². The van der Waals surface area contributed by atoms with Crippen LogP contribution in [0.4, 0.5) is 5.69 Å². The second-order valence-corrected chi connectivity index (χ2v) is 5.53. The molecule has 0 radical (unpaired) electrons. The smallest absolute Gasteiger partial charge is 0.142 e. The van der Waals surface area contributed by atoms with Crippen molar-refractivity contribution in [3.8, 4) is 5.75 Å². The molecule has 1 aromatic carbocycles. The Morgan fingerprint density at radius 1 is 1.41 bits per heavy atom. The summed E-state index contributed by atoms with van der Waals surface area (Å²) < 4.78 is 5.42. The lowest BCUT2D eigenvalue weighted by atomic mass is 9.81. The predicted octanol–water partition coefficient (Wildman–Crippen LogP) is 2.15. The van der Waals surface area contributed by atoms with Crippen LogP contribution in [0.15, 0.2) is 18.2 Å². The van der Waals surface area contributed by atoms with Crippen molar-refractivity contribution >= 4 is 17.3 Å². The third-order valence-corrected chi connectivity index (χ3v) is 4.16. The van der Waals surface area contributed by atoms with Crippen LogP contribution in [0.5, 0.6) is 5.75 Å². The number of nitrogens with zero attached hydrogens (tertiary/aromatic N) is 1. The second kappa shape index (κ2) is 4.07. The van der Waals surface area contributed by atoms with Crippen LogP contribution in [0.1, 0.15) is 6.42 Å². The minimum absolute atomic E-state index is 0.493. The first kappa shape index (κ1) is 11.2. The highest BCUT2D eigenvalue weighted by molar-refractivity contribution is 6.30. The van der Waals surface area contributed by atoms with Crippen molar-refractivity contribution in [1.29, 1.82) is 0 Å². The molecule has 2 aliphatic rings. The van der Waals surface area contributed by atoms with Gasteiger partial charge in [-0.3, -0.25) is 0 Å². The summed E-state index contributed by atoms with van der Waals surface area (Å²) >= 11 is 6.08. The Kier molecular flexibility index (Phi) is 2.68. The zero-order valence-corrected chi connectivity index (χ0v) is 10.8. The van der Waals surface area contributed by atoms with E-state index < -0.39 is 0 Å². The van der Waals surface area contributed by atoms with E-state index in [0.717, 1.165) is 42.6 Å². The van der Waals surface area contributed by atoms with Gasteiger partial charge in [-0.2, -0.15) is 0 Å². The quantitative estimate of drug-likeness (QED) is 0.873. The molecule has 3 nitrogen and oxygen atoms in total. The molecule has 0 unspecified atom stereocenters. The number of hydrogen-bond acceptors (Lipinski definition) is 3. The largest absolute Gasteiger partial charge is 0.495 e. The van der Waals surface area contributed by atoms with E-state index in [4.69, 9.17) is 16.3 Å². The normalized spacial score (nSPS) is 21.6. The number of halogens is 1. The Balaban J connectivity index is 1.86. The molecule has 0 saturated carbocycles. The van der Waals surface area contributed by atoms with Crippen LogP contribution >= 0.6 is 11.6 Å². The van der Waals surface area contributed by atoms with Crippen LogP contribution in [0.3, 0.4) is 0 Å². The fraction of sp³-hybridized carbons (Fsp3) is 0.538. The van der Waals surface area contributed by atoms with E-state index in [9.17, 15) is 0 Å². The van der Waals surface area contributed by atoms with Gasteiger partial charge in [0.25, 0.3) is 0 Å². The fourth-order valence-corrected chi connectivity index (χ4v) is 2.98. The van der Waals surface area contributed by atoms with Crippen molar-refractivity contribution in [2.75, 3.05) is 38.2 Å². The van der Waals surface area contributed by atoms with Gasteiger partial charge in [0.05, 0.1) is 12.8 Å². The van der Waals surface area contributed by atoms with Crippen molar-refractivity contribution in [2.24, 2.45) is 5.41 Å². The average Bonchev–Trinajstić information content (AvgIpc) is 2.73. The molecule has 4 heteroatoms. The maximum Gasteiger partial charge on any atom is 0.142 e. The number of anilines is 1. The highest BCUT2D eigenvalue weighted by Gasteiger charge is 2.43. The summed E-state index contributed by atoms with van der Waals surface area (Å²) in [6, 6.07) is 5.83. The van der Waals surface area contributed by atoms with Gasteiger partial charge in [0, 0.05) is 36.6 Å². The summed E-state index contributed by atoms with van der Waals surface area (Å²) in [6.45, 7) is 4.49. The lowest BCUT2D eigenvalue weighted by molar-refractivity contribution is 0.199. The van der Waals surface area contributed by atoms with Gasteiger partial charge in [-0.25, -0.2) is 0 Å². The fourth-order valence-electron chi connectivity index (χ4n) is 2.82. The Labute approximate surface area is 107 Å². The molecule has 1 aromatic rings. The monoisotopic (exact) mass is 252 g/mol. The van der Waals surface area contributed by atoms with Crippen LogP contribution in [-0.4, -0.2) is 33.3 Å². The Morgan fingerprint density at radius 3 is 2.82 bits per heavy atom. The first-order chi connectivity index (χ1) is 8.22. The summed E-state index contributed by atoms with van der Waals surface area (Å²) in [7, 11) is 1.71. The number of ether oxygens (including phenoxy) is 1. The van der Waals surface area contributed by atoms with E-state index in [-0.39, 0.29) is 0 Å². The summed E-state index contributed by atoms with van der Waals surface area (Å²) in [6.07, 6.45) is 1.26. The van der Waals surface area contributed by atoms with E-state index in [0.29, 0.717) is 5.41 Å². The topological polar surface area (TPSA) is 24.5 Å². The molecular formula is C13H17ClN2O. The van der Waals surface area contributed by atoms with Gasteiger partial charge in [0.2, 0.25) is 0 Å². The van der Waals surface area contributed by atoms with Crippen molar-refractivity contribution in [3.63, 3.8) is 0 Å². The standard InChI is InChI=1S/C13H17ClN2O/c1-17-12-3-2-10(14)6-11(12)16-5-4-13(9-16)7-15-8-13/h2-3,6,15H,4-5,7-9H2,1H3. The third kappa shape index (κ3) is 1.87. The van der Waals surface area contributed by atoms with E-state index in [1.54, 1.807) is 7.11 Å². The summed E-state index contributed by atoms with van der Waals surface area (Å²) in [4.78, 5) is 2.39. The molecule has 0 amide bonds. The molecule has 3 rings (SSSR count). The number of nitrogens with one attached hydrogen (secondary N) is 1. The summed E-state index contributed by atoms with van der Waals surface area (Å²) in [5, 5.41) is 4.14. The van der Waals surface area contributed by atoms with Gasteiger partial charge in [-0.05, 0) is 24.6 Å². The molecule has 1 N–H and O–H groups in total. The van der Waals surface area contributed by atoms with Crippen LogP contribution in [-0.2, 0) is 0 Å². The van der Waals surface area contributed by atoms with Gasteiger partial charge in [0.15, 0.2) is 0 Å². The first-order valence-electron chi connectivity index (χ1n) is 6.02. The molecular weight excluding hydrogens is 236 g/mol. The molecule has 17 heavy (non-hydrogen) atoms. The molecule has 92 valence electrons. The zero-order chi connectivity index (χ0) is 11.9. The highest BCUT2D eigenvalue weighted by atomic mass is 35.5. The summed E-state index contributed by atoms with van der Waals surface area (Å²) in [5.41, 5.74) is 1.62. The van der Waals surface area contributed by atoms with Gasteiger partial charge in [-0.1, -0.05) is 11.6 Å². The lowest BCUT2D eigenvalue weighted by Gasteiger charge is -2.39. The van der Waals surface area contributed by atoms with Gasteiger partial charge in [0.1, 0.15) is 5.75 Å². The molecule has 2 fully saturated rings. The number of hydrogen-bond donors (Lipinski definition) is 1. The minimum atomic E-state index is 0.493. The third-order valence-electron chi connectivity index (χ3n) is 3.92. The minimum Gasteiger partial charge on any atom is -0.495 e. The Morgan fingerprint density at radius 2 is 2.24 bits per heavy atom. The maximum atomic E-state index is 6.08. The molecule has 2 saturated heterocycles. The van der Waals surface area contributed by atoms with Crippen LogP contribution in [0.2, 0.25) is 5.02 Å². The SMILES string of the molecule is COc1ccc(Cl)cc1N1CCC2(CNC2)C1. The number of methoxy groups -OCH3 is 1. The van der Waals surface area contributed by atoms with Crippen molar-refractivity contribution in [1.82, 2.24) is 5.32 Å². The van der Waals surface area contributed by atoms with Gasteiger partial charge in [-0.15, -0.1) is 0 Å². The highest BCUT2D eigenvalue weighted by Crippen LogP contribution is 2.40. The molecule has 1 spiro atoms. The van der Waals surface area contributed by atoms with Crippen LogP contribution < -0.4 is 15.0 Å². The average molecular weight is 253 g/mol. The van der Waals surface area contributed by atoms with Gasteiger partial charge < -0.3 is 15.0 Å². The molecule has 0 atom stereocenters. The molecule has 0 aromatic heterocycles. The molecule has 2 aliphatic heterocycles. The lowest BCUT2D eigenvalue weighted by Crippen LogP contribution is -2.54. The second-order valence-electron chi connectivity index (χ2n) is 5.09. The predicted molar refractivity (Wildman–Crippen MR) is 70.1 cm³/mol. The molecule has 0 aliphatic carbocycles. The number of benzene rings is 1. The van der Waals surface area contributed by atoms with Gasteiger partial charge >= 0.3 is 0 Å². The maximum absolute atomic E-state index is 6.08. The van der Waals surface area contributed by atoms with E-state index in [1.807, 2.05) is 18.2 Å². The van der Waals surface area contributed by atoms with Crippen molar-refractivity contribution in [3.05, 3.63) is 23.2 Å². The van der Waals surface area contributed by atoms with Crippen molar-refractivity contribution in [2.45, 2.75) is 6.42 Å². The summed E-state index contributed by atoms with van der Waals surface area (Å²) in [5.74, 6) is 0.915. The Hall–Kier alpha value is -0.930. The first-order valence-corrected chi connectivity index (χ1v) is 6.39.